The van der Waals surface area contributed by atoms with Crippen LogP contribution >= 0.6 is 34.3 Å². The topological polar surface area (TPSA) is 66.5 Å². The molecular formula is C19H19ClN2O3S3. The van der Waals surface area contributed by atoms with Crippen LogP contribution in [0.1, 0.15) is 27.0 Å². The maximum absolute atomic E-state index is 12.9. The van der Waals surface area contributed by atoms with E-state index in [-0.39, 0.29) is 17.3 Å². The minimum absolute atomic E-state index is 0.0742. The Bertz CT molecular complexity index is 1050. The van der Waals surface area contributed by atoms with Gasteiger partial charge < -0.3 is 4.90 Å². The molecule has 0 saturated heterocycles. The fourth-order valence-electron chi connectivity index (χ4n) is 2.59. The van der Waals surface area contributed by atoms with E-state index in [2.05, 4.69) is 4.72 Å². The SMILES string of the molecule is CCN(Cc1ccc(Cl)s1)C(=O)c1cccc(S(=O)(=O)NCc2cccs2)c1. The highest BCUT2D eigenvalue weighted by Gasteiger charge is 2.19. The first-order valence-electron chi connectivity index (χ1n) is 8.54. The summed E-state index contributed by atoms with van der Waals surface area (Å²) in [6.07, 6.45) is 0. The summed E-state index contributed by atoms with van der Waals surface area (Å²) in [6, 6.07) is 13.5. The van der Waals surface area contributed by atoms with Crippen LogP contribution in [0.2, 0.25) is 4.34 Å². The molecule has 0 aliphatic heterocycles. The van der Waals surface area contributed by atoms with Gasteiger partial charge in [0.15, 0.2) is 0 Å². The molecule has 0 unspecified atom stereocenters. The molecule has 2 heterocycles. The van der Waals surface area contributed by atoms with E-state index < -0.39 is 10.0 Å². The molecule has 0 radical (unpaired) electrons. The zero-order valence-electron chi connectivity index (χ0n) is 15.1. The lowest BCUT2D eigenvalue weighted by Gasteiger charge is -2.20. The van der Waals surface area contributed by atoms with E-state index in [1.807, 2.05) is 30.5 Å². The number of nitrogens with one attached hydrogen (secondary N) is 1. The summed E-state index contributed by atoms with van der Waals surface area (Å²) in [6.45, 7) is 3.04. The largest absolute Gasteiger partial charge is 0.334 e. The molecule has 1 N–H and O–H groups in total. The van der Waals surface area contributed by atoms with Gasteiger partial charge >= 0.3 is 0 Å². The van der Waals surface area contributed by atoms with Gasteiger partial charge in [-0.3, -0.25) is 4.79 Å². The number of nitrogens with zero attached hydrogens (tertiary/aromatic N) is 1. The molecule has 3 aromatic rings. The van der Waals surface area contributed by atoms with Crippen molar-refractivity contribution in [2.24, 2.45) is 0 Å². The summed E-state index contributed by atoms with van der Waals surface area (Å²) in [4.78, 5) is 16.5. The minimum Gasteiger partial charge on any atom is -0.334 e. The summed E-state index contributed by atoms with van der Waals surface area (Å²) in [7, 11) is -3.71. The number of halogens is 1. The molecule has 0 bridgehead atoms. The Morgan fingerprint density at radius 2 is 1.96 bits per heavy atom. The summed E-state index contributed by atoms with van der Waals surface area (Å²) < 4.78 is 28.4. The van der Waals surface area contributed by atoms with Crippen LogP contribution in [0.3, 0.4) is 0 Å². The summed E-state index contributed by atoms with van der Waals surface area (Å²) in [5, 5.41) is 1.89. The van der Waals surface area contributed by atoms with E-state index in [0.717, 1.165) is 9.75 Å². The first-order valence-corrected chi connectivity index (χ1v) is 12.1. The van der Waals surface area contributed by atoms with Crippen LogP contribution in [-0.2, 0) is 23.1 Å². The average Bonchev–Trinajstić information content (AvgIpc) is 3.36. The van der Waals surface area contributed by atoms with Crippen LogP contribution < -0.4 is 4.72 Å². The van der Waals surface area contributed by atoms with Gasteiger partial charge in [0.25, 0.3) is 5.91 Å². The molecule has 0 fully saturated rings. The second-order valence-electron chi connectivity index (χ2n) is 5.96. The van der Waals surface area contributed by atoms with Gasteiger partial charge in [-0.15, -0.1) is 22.7 Å². The van der Waals surface area contributed by atoms with E-state index in [4.69, 9.17) is 11.6 Å². The molecule has 0 aliphatic carbocycles. The third-order valence-corrected chi connectivity index (χ3v) is 7.54. The molecule has 1 aromatic carbocycles. The van der Waals surface area contributed by atoms with E-state index >= 15 is 0 Å². The second kappa shape index (κ2) is 9.19. The van der Waals surface area contributed by atoms with Crippen molar-refractivity contribution in [1.29, 1.82) is 0 Å². The van der Waals surface area contributed by atoms with Crippen LogP contribution in [0.15, 0.2) is 58.8 Å². The quantitative estimate of drug-likeness (QED) is 0.540. The first-order chi connectivity index (χ1) is 13.4. The predicted molar refractivity (Wildman–Crippen MR) is 115 cm³/mol. The van der Waals surface area contributed by atoms with Crippen LogP contribution in [0.25, 0.3) is 0 Å². The summed E-state index contributed by atoms with van der Waals surface area (Å²) >= 11 is 8.87. The lowest BCUT2D eigenvalue weighted by Crippen LogP contribution is -2.30. The number of amides is 1. The van der Waals surface area contributed by atoms with Crippen LogP contribution in [0.4, 0.5) is 0 Å². The smallest absolute Gasteiger partial charge is 0.254 e. The van der Waals surface area contributed by atoms with Crippen molar-refractivity contribution in [3.8, 4) is 0 Å². The van der Waals surface area contributed by atoms with Gasteiger partial charge in [-0.2, -0.15) is 0 Å². The Kier molecular flexibility index (Phi) is 6.90. The monoisotopic (exact) mass is 454 g/mol. The predicted octanol–water partition coefficient (Wildman–Crippen LogP) is 4.60. The molecule has 0 aliphatic rings. The molecule has 0 saturated carbocycles. The standard InChI is InChI=1S/C19H19ClN2O3S3/c1-2-22(13-16-8-9-18(20)27-16)19(23)14-5-3-7-17(11-14)28(24,25)21-12-15-6-4-10-26-15/h3-11,21H,2,12-13H2,1H3. The van der Waals surface area contributed by atoms with Crippen molar-refractivity contribution in [3.05, 3.63) is 73.6 Å². The second-order valence-corrected chi connectivity index (χ2v) is 10.6. The highest BCUT2D eigenvalue weighted by atomic mass is 35.5. The Morgan fingerprint density at radius 3 is 2.61 bits per heavy atom. The Morgan fingerprint density at radius 1 is 1.14 bits per heavy atom. The van der Waals surface area contributed by atoms with Gasteiger partial charge in [-0.05, 0) is 48.7 Å². The number of hydrogen-bond donors (Lipinski definition) is 1. The highest BCUT2D eigenvalue weighted by Crippen LogP contribution is 2.23. The third-order valence-electron chi connectivity index (χ3n) is 4.05. The van der Waals surface area contributed by atoms with E-state index in [1.54, 1.807) is 23.1 Å². The number of sulfonamides is 1. The molecule has 2 aromatic heterocycles. The molecule has 1 amide bonds. The Hall–Kier alpha value is -1.71. The van der Waals surface area contributed by atoms with Crippen molar-refractivity contribution in [2.75, 3.05) is 6.54 Å². The zero-order valence-corrected chi connectivity index (χ0v) is 18.3. The van der Waals surface area contributed by atoms with E-state index in [9.17, 15) is 13.2 Å². The van der Waals surface area contributed by atoms with Gasteiger partial charge in [-0.1, -0.05) is 23.7 Å². The number of benzene rings is 1. The fraction of sp³-hybridized carbons (Fsp3) is 0.211. The number of carbonyl (C=O) groups excluding carboxylic acids is 1. The van der Waals surface area contributed by atoms with Crippen LogP contribution in [-0.4, -0.2) is 25.8 Å². The van der Waals surface area contributed by atoms with E-state index in [1.165, 1.54) is 34.8 Å². The van der Waals surface area contributed by atoms with Crippen molar-refractivity contribution in [2.45, 2.75) is 24.9 Å². The van der Waals surface area contributed by atoms with Crippen molar-refractivity contribution in [1.82, 2.24) is 9.62 Å². The lowest BCUT2D eigenvalue weighted by molar-refractivity contribution is 0.0754. The van der Waals surface area contributed by atoms with Gasteiger partial charge in [0.1, 0.15) is 0 Å². The molecule has 0 spiro atoms. The lowest BCUT2D eigenvalue weighted by atomic mass is 10.2. The summed E-state index contributed by atoms with van der Waals surface area (Å²) in [5.74, 6) is -0.220. The molecular weight excluding hydrogens is 436 g/mol. The maximum Gasteiger partial charge on any atom is 0.254 e. The van der Waals surface area contributed by atoms with Crippen molar-refractivity contribution in [3.63, 3.8) is 0 Å². The normalized spacial score (nSPS) is 11.5. The Labute approximate surface area is 177 Å². The molecule has 3 rings (SSSR count). The van der Waals surface area contributed by atoms with Crippen LogP contribution in [0.5, 0.6) is 0 Å². The minimum atomic E-state index is -3.71. The highest BCUT2D eigenvalue weighted by molar-refractivity contribution is 7.89. The zero-order chi connectivity index (χ0) is 20.1. The fourth-order valence-corrected chi connectivity index (χ4v) is 5.48. The number of thiophene rings is 2. The number of hydrogen-bond acceptors (Lipinski definition) is 5. The van der Waals surface area contributed by atoms with Gasteiger partial charge in [0.05, 0.1) is 15.8 Å². The molecule has 148 valence electrons. The first kappa shape index (κ1) is 21.0. The van der Waals surface area contributed by atoms with Gasteiger partial charge in [0.2, 0.25) is 10.0 Å². The maximum atomic E-state index is 12.9. The van der Waals surface area contributed by atoms with Crippen molar-refractivity contribution >= 4 is 50.2 Å². The molecule has 0 atom stereocenters. The molecule has 9 heteroatoms. The summed E-state index contributed by atoms with van der Waals surface area (Å²) in [5.41, 5.74) is 0.337. The van der Waals surface area contributed by atoms with Gasteiger partial charge in [-0.25, -0.2) is 13.1 Å². The average molecular weight is 455 g/mol. The van der Waals surface area contributed by atoms with Crippen molar-refractivity contribution < 1.29 is 13.2 Å². The van der Waals surface area contributed by atoms with E-state index in [0.29, 0.717) is 23.0 Å². The Balaban J connectivity index is 1.76. The molecule has 5 nitrogen and oxygen atoms in total. The molecule has 28 heavy (non-hydrogen) atoms. The van der Waals surface area contributed by atoms with Gasteiger partial charge in [0, 0.05) is 28.4 Å². The number of rotatable bonds is 8. The van der Waals surface area contributed by atoms with Crippen LogP contribution in [0, 0.1) is 0 Å². The number of carbonyl (C=O) groups is 1. The third kappa shape index (κ3) is 5.21.